The zero-order valence-corrected chi connectivity index (χ0v) is 8.72. The average Bonchev–Trinajstić information content (AvgIpc) is 1.95. The molecule has 2 nitrogen and oxygen atoms in total. The minimum absolute atomic E-state index is 0.577. The predicted molar refractivity (Wildman–Crippen MR) is 55.4 cm³/mol. The number of hydrogen-bond acceptors (Lipinski definition) is 2. The van der Waals surface area contributed by atoms with Crippen molar-refractivity contribution in [2.75, 3.05) is 13.1 Å². The molecule has 0 spiro atoms. The minimum Gasteiger partial charge on any atom is -0.311 e. The van der Waals surface area contributed by atoms with E-state index in [1.54, 1.807) is 0 Å². The zero-order chi connectivity index (χ0) is 9.40. The van der Waals surface area contributed by atoms with Gasteiger partial charge in [0.15, 0.2) is 0 Å². The maximum absolute atomic E-state index is 3.32. The standard InChI is InChI=1S/C10H22N2/c1-9(2)11-7-5-6-8-12-10(3)4/h5-6,9-12H,7-8H2,1-4H3/b6-5-. The fourth-order valence-corrected chi connectivity index (χ4v) is 0.774. The summed E-state index contributed by atoms with van der Waals surface area (Å²) in [6.45, 7) is 10.6. The third-order valence-corrected chi connectivity index (χ3v) is 1.45. The van der Waals surface area contributed by atoms with Gasteiger partial charge >= 0.3 is 0 Å². The van der Waals surface area contributed by atoms with E-state index in [1.165, 1.54) is 0 Å². The summed E-state index contributed by atoms with van der Waals surface area (Å²) >= 11 is 0. The molecule has 0 saturated heterocycles. The second-order valence-electron chi connectivity index (χ2n) is 3.60. The van der Waals surface area contributed by atoms with Crippen LogP contribution < -0.4 is 10.6 Å². The van der Waals surface area contributed by atoms with Crippen molar-refractivity contribution in [1.82, 2.24) is 10.6 Å². The van der Waals surface area contributed by atoms with E-state index in [0.29, 0.717) is 12.1 Å². The minimum atomic E-state index is 0.577. The molecule has 0 amide bonds. The highest BCUT2D eigenvalue weighted by atomic mass is 14.9. The van der Waals surface area contributed by atoms with E-state index in [-0.39, 0.29) is 0 Å². The van der Waals surface area contributed by atoms with E-state index < -0.39 is 0 Å². The Morgan fingerprint density at radius 3 is 1.42 bits per heavy atom. The Morgan fingerprint density at radius 2 is 1.17 bits per heavy atom. The third-order valence-electron chi connectivity index (χ3n) is 1.45. The lowest BCUT2D eigenvalue weighted by Crippen LogP contribution is -2.24. The Morgan fingerprint density at radius 1 is 0.833 bits per heavy atom. The molecule has 72 valence electrons. The second kappa shape index (κ2) is 7.32. The fourth-order valence-electron chi connectivity index (χ4n) is 0.774. The van der Waals surface area contributed by atoms with Crippen molar-refractivity contribution in [3.63, 3.8) is 0 Å². The molecule has 0 heterocycles. The lowest BCUT2D eigenvalue weighted by molar-refractivity contribution is 0.622. The molecular weight excluding hydrogens is 148 g/mol. The second-order valence-corrected chi connectivity index (χ2v) is 3.60. The third kappa shape index (κ3) is 9.66. The van der Waals surface area contributed by atoms with Crippen LogP contribution in [0.5, 0.6) is 0 Å². The first-order valence-corrected chi connectivity index (χ1v) is 4.74. The van der Waals surface area contributed by atoms with Gasteiger partial charge in [0.05, 0.1) is 0 Å². The van der Waals surface area contributed by atoms with E-state index in [1.807, 2.05) is 0 Å². The van der Waals surface area contributed by atoms with Gasteiger partial charge in [-0.1, -0.05) is 39.8 Å². The molecule has 0 aromatic heterocycles. The van der Waals surface area contributed by atoms with Gasteiger partial charge < -0.3 is 10.6 Å². The molecule has 0 saturated carbocycles. The molecule has 0 aliphatic carbocycles. The van der Waals surface area contributed by atoms with Gasteiger partial charge in [-0.05, 0) is 0 Å². The summed E-state index contributed by atoms with van der Waals surface area (Å²) in [5.74, 6) is 0. The molecule has 0 aromatic carbocycles. The van der Waals surface area contributed by atoms with Crippen LogP contribution in [0.3, 0.4) is 0 Å². The van der Waals surface area contributed by atoms with Gasteiger partial charge in [-0.3, -0.25) is 0 Å². The number of rotatable bonds is 6. The Bertz CT molecular complexity index is 103. The first-order valence-electron chi connectivity index (χ1n) is 4.74. The molecule has 12 heavy (non-hydrogen) atoms. The molecule has 0 fully saturated rings. The summed E-state index contributed by atoms with van der Waals surface area (Å²) in [5, 5.41) is 6.64. The molecule has 0 aliphatic heterocycles. The van der Waals surface area contributed by atoms with Gasteiger partial charge in [0.25, 0.3) is 0 Å². The van der Waals surface area contributed by atoms with E-state index in [4.69, 9.17) is 0 Å². The van der Waals surface area contributed by atoms with Crippen molar-refractivity contribution < 1.29 is 0 Å². The quantitative estimate of drug-likeness (QED) is 0.591. The summed E-state index contributed by atoms with van der Waals surface area (Å²) in [5.41, 5.74) is 0. The molecule has 2 N–H and O–H groups in total. The van der Waals surface area contributed by atoms with Gasteiger partial charge in [0.1, 0.15) is 0 Å². The molecule has 0 unspecified atom stereocenters. The van der Waals surface area contributed by atoms with Gasteiger partial charge in [0, 0.05) is 25.2 Å². The highest BCUT2D eigenvalue weighted by Crippen LogP contribution is 1.78. The van der Waals surface area contributed by atoms with E-state index in [2.05, 4.69) is 50.5 Å². The van der Waals surface area contributed by atoms with Crippen molar-refractivity contribution >= 4 is 0 Å². The molecule has 0 bridgehead atoms. The first-order chi connectivity index (χ1) is 5.63. The molecular formula is C10H22N2. The Kier molecular flexibility index (Phi) is 7.11. The number of hydrogen-bond donors (Lipinski definition) is 2. The molecule has 0 radical (unpaired) electrons. The zero-order valence-electron chi connectivity index (χ0n) is 8.72. The highest BCUT2D eigenvalue weighted by Gasteiger charge is 1.87. The van der Waals surface area contributed by atoms with Crippen LogP contribution in [0, 0.1) is 0 Å². The molecule has 0 aromatic rings. The fraction of sp³-hybridized carbons (Fsp3) is 0.800. The molecule has 0 rings (SSSR count). The van der Waals surface area contributed by atoms with Crippen LogP contribution in [0.25, 0.3) is 0 Å². The van der Waals surface area contributed by atoms with E-state index in [9.17, 15) is 0 Å². The van der Waals surface area contributed by atoms with E-state index in [0.717, 1.165) is 13.1 Å². The van der Waals surface area contributed by atoms with Crippen LogP contribution in [-0.4, -0.2) is 25.2 Å². The summed E-state index contributed by atoms with van der Waals surface area (Å²) in [4.78, 5) is 0. The van der Waals surface area contributed by atoms with Crippen molar-refractivity contribution in [2.24, 2.45) is 0 Å². The van der Waals surface area contributed by atoms with Crippen LogP contribution in [-0.2, 0) is 0 Å². The lowest BCUT2D eigenvalue weighted by atomic mass is 10.3. The number of nitrogens with one attached hydrogen (secondary N) is 2. The predicted octanol–water partition coefficient (Wildman–Crippen LogP) is 1.54. The van der Waals surface area contributed by atoms with Gasteiger partial charge in [-0.15, -0.1) is 0 Å². The van der Waals surface area contributed by atoms with Crippen molar-refractivity contribution in [2.45, 2.75) is 39.8 Å². The Balaban J connectivity index is 3.15. The van der Waals surface area contributed by atoms with Gasteiger partial charge in [-0.25, -0.2) is 0 Å². The maximum Gasteiger partial charge on any atom is 0.0137 e. The van der Waals surface area contributed by atoms with Gasteiger partial charge in [0.2, 0.25) is 0 Å². The van der Waals surface area contributed by atoms with Crippen LogP contribution >= 0.6 is 0 Å². The summed E-state index contributed by atoms with van der Waals surface area (Å²) < 4.78 is 0. The van der Waals surface area contributed by atoms with E-state index >= 15 is 0 Å². The monoisotopic (exact) mass is 170 g/mol. The van der Waals surface area contributed by atoms with Crippen molar-refractivity contribution in [1.29, 1.82) is 0 Å². The summed E-state index contributed by atoms with van der Waals surface area (Å²) in [6.07, 6.45) is 4.32. The van der Waals surface area contributed by atoms with Crippen LogP contribution in [0.4, 0.5) is 0 Å². The van der Waals surface area contributed by atoms with Gasteiger partial charge in [-0.2, -0.15) is 0 Å². The smallest absolute Gasteiger partial charge is 0.0137 e. The maximum atomic E-state index is 3.32. The summed E-state index contributed by atoms with van der Waals surface area (Å²) in [7, 11) is 0. The molecule has 2 heteroatoms. The Labute approximate surface area is 76.4 Å². The Hall–Kier alpha value is -0.340. The normalized spacial score (nSPS) is 12.2. The topological polar surface area (TPSA) is 24.1 Å². The lowest BCUT2D eigenvalue weighted by Gasteiger charge is -2.05. The highest BCUT2D eigenvalue weighted by molar-refractivity contribution is 4.86. The first kappa shape index (κ1) is 11.7. The summed E-state index contributed by atoms with van der Waals surface area (Å²) in [6, 6.07) is 1.15. The SMILES string of the molecule is CC(C)NC/C=C\CNC(C)C. The van der Waals surface area contributed by atoms with Crippen LogP contribution in [0.2, 0.25) is 0 Å². The molecule has 0 aliphatic rings. The van der Waals surface area contributed by atoms with Crippen molar-refractivity contribution in [3.8, 4) is 0 Å². The average molecular weight is 170 g/mol. The van der Waals surface area contributed by atoms with Crippen LogP contribution in [0.15, 0.2) is 12.2 Å². The largest absolute Gasteiger partial charge is 0.311 e. The van der Waals surface area contributed by atoms with Crippen LogP contribution in [0.1, 0.15) is 27.7 Å². The van der Waals surface area contributed by atoms with Crippen molar-refractivity contribution in [3.05, 3.63) is 12.2 Å². The molecule has 0 atom stereocenters.